The Morgan fingerprint density at radius 2 is 2.25 bits per heavy atom. The first-order valence-electron chi connectivity index (χ1n) is 6.14. The summed E-state index contributed by atoms with van der Waals surface area (Å²) in [6, 6.07) is 7.59. The number of benzene rings is 1. The number of hydrogen-bond acceptors (Lipinski definition) is 4. The molecule has 0 radical (unpaired) electrons. The minimum Gasteiger partial charge on any atom is -0.375 e. The van der Waals surface area contributed by atoms with Gasteiger partial charge in [-0.1, -0.05) is 11.6 Å². The zero-order chi connectivity index (χ0) is 13.9. The first-order valence-corrected chi connectivity index (χ1v) is 6.52. The third-order valence-electron chi connectivity index (χ3n) is 2.98. The maximum absolute atomic E-state index is 6.08. The van der Waals surface area contributed by atoms with E-state index in [1.165, 1.54) is 6.33 Å². The smallest absolute Gasteiger partial charge is 0.138 e. The molecule has 6 nitrogen and oxygen atoms in total. The fraction of sp³-hybridized carbons (Fsp3) is 0.154. The van der Waals surface area contributed by atoms with E-state index in [4.69, 9.17) is 11.6 Å². The monoisotopic (exact) mass is 288 g/mol. The average Bonchev–Trinajstić information content (AvgIpc) is 3.12. The largest absolute Gasteiger partial charge is 0.375 e. The maximum atomic E-state index is 6.08. The lowest BCUT2D eigenvalue weighted by molar-refractivity contribution is 0.816. The van der Waals surface area contributed by atoms with Gasteiger partial charge < -0.3 is 5.32 Å². The van der Waals surface area contributed by atoms with Gasteiger partial charge in [0.1, 0.15) is 12.7 Å². The Hall–Kier alpha value is -2.34. The minimum atomic E-state index is 0.0678. The molecule has 3 aromatic rings. The first kappa shape index (κ1) is 12.7. The van der Waals surface area contributed by atoms with Gasteiger partial charge in [0.15, 0.2) is 0 Å². The highest BCUT2D eigenvalue weighted by atomic mass is 35.5. The van der Waals surface area contributed by atoms with E-state index in [2.05, 4.69) is 25.6 Å². The van der Waals surface area contributed by atoms with Gasteiger partial charge in [0.2, 0.25) is 0 Å². The number of hydrogen-bond donors (Lipinski definition) is 2. The second-order valence-electron chi connectivity index (χ2n) is 4.38. The molecule has 0 spiro atoms. The molecule has 0 amide bonds. The summed E-state index contributed by atoms with van der Waals surface area (Å²) >= 11 is 6.08. The topological polar surface area (TPSA) is 71.4 Å². The zero-order valence-corrected chi connectivity index (χ0v) is 11.5. The third-order valence-corrected chi connectivity index (χ3v) is 3.22. The SMILES string of the molecule is CC(Nc1cc(Cl)ccc1-n1cncn1)c1ccn[nH]1. The summed E-state index contributed by atoms with van der Waals surface area (Å²) in [5.74, 6) is 0. The summed E-state index contributed by atoms with van der Waals surface area (Å²) in [5.41, 5.74) is 2.76. The van der Waals surface area contributed by atoms with Crippen LogP contribution in [0.2, 0.25) is 5.02 Å². The highest BCUT2D eigenvalue weighted by Crippen LogP contribution is 2.27. The molecular formula is C13H13ClN6. The van der Waals surface area contributed by atoms with Crippen LogP contribution in [0.5, 0.6) is 0 Å². The number of rotatable bonds is 4. The third kappa shape index (κ3) is 2.50. The van der Waals surface area contributed by atoms with E-state index in [1.54, 1.807) is 17.2 Å². The van der Waals surface area contributed by atoms with Crippen molar-refractivity contribution >= 4 is 17.3 Å². The van der Waals surface area contributed by atoms with Crippen LogP contribution in [-0.2, 0) is 0 Å². The molecule has 7 heteroatoms. The summed E-state index contributed by atoms with van der Waals surface area (Å²) in [4.78, 5) is 3.97. The van der Waals surface area contributed by atoms with Crippen LogP contribution in [0.15, 0.2) is 43.1 Å². The maximum Gasteiger partial charge on any atom is 0.138 e. The van der Waals surface area contributed by atoms with Crippen LogP contribution in [-0.4, -0.2) is 25.0 Å². The van der Waals surface area contributed by atoms with Crippen LogP contribution in [0, 0.1) is 0 Å². The van der Waals surface area contributed by atoms with Crippen LogP contribution in [0.4, 0.5) is 5.69 Å². The normalized spacial score (nSPS) is 12.3. The van der Waals surface area contributed by atoms with Crippen molar-refractivity contribution in [2.45, 2.75) is 13.0 Å². The van der Waals surface area contributed by atoms with Gasteiger partial charge in [-0.25, -0.2) is 9.67 Å². The predicted molar refractivity (Wildman–Crippen MR) is 77.0 cm³/mol. The number of H-pyrrole nitrogens is 1. The van der Waals surface area contributed by atoms with Crippen molar-refractivity contribution in [1.82, 2.24) is 25.0 Å². The summed E-state index contributed by atoms with van der Waals surface area (Å²) in [6.07, 6.45) is 4.87. The Morgan fingerprint density at radius 3 is 2.95 bits per heavy atom. The quantitative estimate of drug-likeness (QED) is 0.774. The fourth-order valence-corrected chi connectivity index (χ4v) is 2.15. The molecule has 2 heterocycles. The van der Waals surface area contributed by atoms with E-state index in [-0.39, 0.29) is 6.04 Å². The summed E-state index contributed by atoms with van der Waals surface area (Å²) < 4.78 is 1.69. The van der Waals surface area contributed by atoms with E-state index in [9.17, 15) is 0 Å². The van der Waals surface area contributed by atoms with Crippen LogP contribution in [0.1, 0.15) is 18.7 Å². The van der Waals surface area contributed by atoms with Crippen molar-refractivity contribution in [3.05, 3.63) is 53.8 Å². The van der Waals surface area contributed by atoms with Gasteiger partial charge in [-0.05, 0) is 31.2 Å². The van der Waals surface area contributed by atoms with Gasteiger partial charge >= 0.3 is 0 Å². The van der Waals surface area contributed by atoms with Gasteiger partial charge in [0, 0.05) is 11.2 Å². The molecular weight excluding hydrogens is 276 g/mol. The average molecular weight is 289 g/mol. The van der Waals surface area contributed by atoms with E-state index >= 15 is 0 Å². The Labute approximate surface area is 120 Å². The highest BCUT2D eigenvalue weighted by molar-refractivity contribution is 6.31. The van der Waals surface area contributed by atoms with Crippen molar-refractivity contribution in [3.8, 4) is 5.69 Å². The standard InChI is InChI=1S/C13H13ClN6/c1-9(11-4-5-16-19-11)18-12-6-10(14)2-3-13(12)20-8-15-7-17-20/h2-9,18H,1H3,(H,16,19). The molecule has 2 N–H and O–H groups in total. The molecule has 1 unspecified atom stereocenters. The molecule has 102 valence electrons. The van der Waals surface area contributed by atoms with Crippen LogP contribution in [0.3, 0.4) is 0 Å². The first-order chi connectivity index (χ1) is 9.74. The number of aromatic nitrogens is 5. The molecule has 1 aromatic carbocycles. The second-order valence-corrected chi connectivity index (χ2v) is 4.82. The van der Waals surface area contributed by atoms with E-state index < -0.39 is 0 Å². The number of nitrogens with one attached hydrogen (secondary N) is 2. The van der Waals surface area contributed by atoms with Crippen molar-refractivity contribution < 1.29 is 0 Å². The Balaban J connectivity index is 1.94. The predicted octanol–water partition coefficient (Wildman–Crippen LogP) is 2.82. The Kier molecular flexibility index (Phi) is 3.39. The van der Waals surface area contributed by atoms with Crippen molar-refractivity contribution in [1.29, 1.82) is 0 Å². The molecule has 0 aliphatic rings. The van der Waals surface area contributed by atoms with Crippen LogP contribution in [0.25, 0.3) is 5.69 Å². The molecule has 0 saturated heterocycles. The zero-order valence-electron chi connectivity index (χ0n) is 10.8. The molecule has 2 aromatic heterocycles. The molecule has 0 fully saturated rings. The molecule has 0 saturated carbocycles. The van der Waals surface area contributed by atoms with Gasteiger partial charge in [-0.15, -0.1) is 0 Å². The lowest BCUT2D eigenvalue weighted by Crippen LogP contribution is -2.10. The fourth-order valence-electron chi connectivity index (χ4n) is 1.98. The Morgan fingerprint density at radius 1 is 1.35 bits per heavy atom. The van der Waals surface area contributed by atoms with Crippen molar-refractivity contribution in [2.75, 3.05) is 5.32 Å². The van der Waals surface area contributed by atoms with Gasteiger partial charge in [-0.2, -0.15) is 10.2 Å². The summed E-state index contributed by atoms with van der Waals surface area (Å²) in [5, 5.41) is 15.1. The molecule has 0 aliphatic carbocycles. The molecule has 0 bridgehead atoms. The van der Waals surface area contributed by atoms with E-state index in [0.717, 1.165) is 17.1 Å². The minimum absolute atomic E-state index is 0.0678. The number of aromatic amines is 1. The molecule has 0 aliphatic heterocycles. The number of anilines is 1. The highest BCUT2D eigenvalue weighted by Gasteiger charge is 2.11. The Bertz CT molecular complexity index is 677. The number of nitrogens with zero attached hydrogens (tertiary/aromatic N) is 4. The van der Waals surface area contributed by atoms with Gasteiger partial charge in [0.25, 0.3) is 0 Å². The van der Waals surface area contributed by atoms with Gasteiger partial charge in [0.05, 0.1) is 23.1 Å². The van der Waals surface area contributed by atoms with Crippen molar-refractivity contribution in [3.63, 3.8) is 0 Å². The van der Waals surface area contributed by atoms with Crippen molar-refractivity contribution in [2.24, 2.45) is 0 Å². The van der Waals surface area contributed by atoms with E-state index in [1.807, 2.05) is 31.2 Å². The summed E-state index contributed by atoms with van der Waals surface area (Å²) in [6.45, 7) is 2.04. The second kappa shape index (κ2) is 5.34. The molecule has 20 heavy (non-hydrogen) atoms. The lowest BCUT2D eigenvalue weighted by Gasteiger charge is -2.17. The van der Waals surface area contributed by atoms with Crippen LogP contribution >= 0.6 is 11.6 Å². The molecule has 3 rings (SSSR count). The van der Waals surface area contributed by atoms with Gasteiger partial charge in [-0.3, -0.25) is 5.10 Å². The number of halogens is 1. The van der Waals surface area contributed by atoms with Crippen LogP contribution < -0.4 is 5.32 Å². The van der Waals surface area contributed by atoms with E-state index in [0.29, 0.717) is 5.02 Å². The molecule has 1 atom stereocenters. The summed E-state index contributed by atoms with van der Waals surface area (Å²) in [7, 11) is 0. The lowest BCUT2D eigenvalue weighted by atomic mass is 10.2.